The highest BCUT2D eigenvalue weighted by Gasteiger charge is 2.29. The number of hydrogen-bond acceptors (Lipinski definition) is 1. The van der Waals surface area contributed by atoms with Crippen LogP contribution in [0.4, 0.5) is 0 Å². The molecule has 0 aromatic heterocycles. The lowest BCUT2D eigenvalue weighted by Crippen LogP contribution is -2.34. The Morgan fingerprint density at radius 1 is 0.636 bits per heavy atom. The second kappa shape index (κ2) is 16.4. The van der Waals surface area contributed by atoms with Crippen molar-refractivity contribution in [2.24, 2.45) is 5.92 Å². The second-order valence-electron chi connectivity index (χ2n) is 7.29. The van der Waals surface area contributed by atoms with Gasteiger partial charge in [-0.15, -0.1) is 0 Å². The summed E-state index contributed by atoms with van der Waals surface area (Å²) < 4.78 is 0. The summed E-state index contributed by atoms with van der Waals surface area (Å²) in [7, 11) is 0. The van der Waals surface area contributed by atoms with Crippen LogP contribution in [-0.2, 0) is 0 Å². The van der Waals surface area contributed by atoms with Crippen molar-refractivity contribution in [1.82, 2.24) is 0 Å². The van der Waals surface area contributed by atoms with Crippen LogP contribution >= 0.6 is 0 Å². The molecule has 0 heterocycles. The Morgan fingerprint density at radius 3 is 1.27 bits per heavy atom. The molecule has 0 radical (unpaired) electrons. The molecular formula is C20H45AlO. The number of rotatable bonds is 15. The van der Waals surface area contributed by atoms with E-state index >= 15 is 0 Å². The average molecular weight is 329 g/mol. The normalized spacial score (nSPS) is 11.7. The Bertz CT molecular complexity index is 200. The molecule has 0 rings (SSSR count). The van der Waals surface area contributed by atoms with Gasteiger partial charge in [0.2, 0.25) is 0 Å². The van der Waals surface area contributed by atoms with Gasteiger partial charge in [-0.1, -0.05) is 105 Å². The predicted octanol–water partition coefficient (Wildman–Crippen LogP) is 5.69. The van der Waals surface area contributed by atoms with Crippen molar-refractivity contribution < 1.29 is 5.11 Å². The summed E-state index contributed by atoms with van der Waals surface area (Å²) in [5.74, 6) is 0.392. The minimum absolute atomic E-state index is 0. The first-order valence-electron chi connectivity index (χ1n) is 9.79. The molecule has 0 spiro atoms. The third-order valence-electron chi connectivity index (χ3n) is 5.00. The molecule has 0 aliphatic carbocycles. The Hall–Kier alpha value is 0.492. The zero-order chi connectivity index (χ0) is 16.0. The number of hydrogen-bond donors (Lipinski definition) is 1. The van der Waals surface area contributed by atoms with E-state index in [1.54, 1.807) is 0 Å². The SMILES string of the molecule is CCCCCCCCC(O)(CCCCCCCC)C(C)C.[AlH3]. The molecule has 1 nitrogen and oxygen atoms in total. The molecule has 134 valence electrons. The molecule has 0 aliphatic rings. The van der Waals surface area contributed by atoms with Crippen molar-refractivity contribution in [3.05, 3.63) is 0 Å². The van der Waals surface area contributed by atoms with Crippen molar-refractivity contribution in [3.63, 3.8) is 0 Å². The van der Waals surface area contributed by atoms with E-state index in [9.17, 15) is 5.11 Å². The molecule has 0 saturated carbocycles. The van der Waals surface area contributed by atoms with Crippen LogP contribution in [0.15, 0.2) is 0 Å². The maximum atomic E-state index is 10.9. The van der Waals surface area contributed by atoms with Crippen LogP contribution in [0.2, 0.25) is 0 Å². The summed E-state index contributed by atoms with van der Waals surface area (Å²) in [6.07, 6.45) is 17.8. The van der Waals surface area contributed by atoms with E-state index in [0.717, 1.165) is 12.8 Å². The minimum atomic E-state index is -0.407. The first kappa shape index (κ1) is 24.7. The summed E-state index contributed by atoms with van der Waals surface area (Å²) in [5, 5.41) is 10.9. The summed E-state index contributed by atoms with van der Waals surface area (Å²) in [6, 6.07) is 0. The van der Waals surface area contributed by atoms with Crippen molar-refractivity contribution in [3.8, 4) is 0 Å². The Labute approximate surface area is 151 Å². The molecular weight excluding hydrogens is 283 g/mol. The van der Waals surface area contributed by atoms with Crippen LogP contribution in [0, 0.1) is 5.92 Å². The van der Waals surface area contributed by atoms with Crippen molar-refractivity contribution in [2.45, 2.75) is 123 Å². The number of aliphatic hydroxyl groups is 1. The molecule has 0 aromatic rings. The van der Waals surface area contributed by atoms with Gasteiger partial charge in [-0.25, -0.2) is 0 Å². The van der Waals surface area contributed by atoms with Crippen molar-refractivity contribution >= 4 is 17.4 Å². The molecule has 22 heavy (non-hydrogen) atoms. The third kappa shape index (κ3) is 13.0. The van der Waals surface area contributed by atoms with Crippen LogP contribution in [0.1, 0.15) is 118 Å². The maximum absolute atomic E-state index is 10.9. The Kier molecular flexibility index (Phi) is 18.4. The topological polar surface area (TPSA) is 20.2 Å². The zero-order valence-corrected chi connectivity index (χ0v) is 15.4. The fourth-order valence-electron chi connectivity index (χ4n) is 3.13. The van der Waals surface area contributed by atoms with E-state index in [1.807, 2.05) is 0 Å². The quantitative estimate of drug-likeness (QED) is 0.302. The van der Waals surface area contributed by atoms with Gasteiger partial charge in [0.05, 0.1) is 5.60 Å². The van der Waals surface area contributed by atoms with E-state index < -0.39 is 5.60 Å². The summed E-state index contributed by atoms with van der Waals surface area (Å²) in [5.41, 5.74) is -0.407. The monoisotopic (exact) mass is 328 g/mol. The fourth-order valence-corrected chi connectivity index (χ4v) is 3.13. The molecule has 0 atom stereocenters. The van der Waals surface area contributed by atoms with Crippen LogP contribution in [-0.4, -0.2) is 28.1 Å². The maximum Gasteiger partial charge on any atom is 0.187 e. The fraction of sp³-hybridized carbons (Fsp3) is 1.00. The first-order chi connectivity index (χ1) is 10.1. The lowest BCUT2D eigenvalue weighted by molar-refractivity contribution is -0.0249. The zero-order valence-electron chi connectivity index (χ0n) is 15.4. The molecule has 1 N–H and O–H groups in total. The molecule has 0 fully saturated rings. The first-order valence-corrected chi connectivity index (χ1v) is 9.79. The Morgan fingerprint density at radius 2 is 0.955 bits per heavy atom. The second-order valence-corrected chi connectivity index (χ2v) is 7.29. The van der Waals surface area contributed by atoms with E-state index in [2.05, 4.69) is 27.7 Å². The van der Waals surface area contributed by atoms with E-state index in [4.69, 9.17) is 0 Å². The molecule has 0 aromatic carbocycles. The number of unbranched alkanes of at least 4 members (excludes halogenated alkanes) is 10. The van der Waals surface area contributed by atoms with E-state index in [-0.39, 0.29) is 17.4 Å². The molecule has 2 heteroatoms. The lowest BCUT2D eigenvalue weighted by Gasteiger charge is -2.32. The minimum Gasteiger partial charge on any atom is -0.390 e. The van der Waals surface area contributed by atoms with Gasteiger partial charge in [0.15, 0.2) is 17.4 Å². The molecule has 0 bridgehead atoms. The van der Waals surface area contributed by atoms with Gasteiger partial charge >= 0.3 is 0 Å². The van der Waals surface area contributed by atoms with Gasteiger partial charge in [-0.05, 0) is 18.8 Å². The highest BCUT2D eigenvalue weighted by molar-refractivity contribution is 5.75. The van der Waals surface area contributed by atoms with Crippen LogP contribution in [0.3, 0.4) is 0 Å². The lowest BCUT2D eigenvalue weighted by atomic mass is 9.81. The molecule has 0 saturated heterocycles. The van der Waals surface area contributed by atoms with E-state index in [0.29, 0.717) is 5.92 Å². The average Bonchev–Trinajstić information content (AvgIpc) is 2.46. The predicted molar refractivity (Wildman–Crippen MR) is 106 cm³/mol. The molecule has 0 unspecified atom stereocenters. The summed E-state index contributed by atoms with van der Waals surface area (Å²) in [6.45, 7) is 8.90. The highest BCUT2D eigenvalue weighted by atomic mass is 27.0. The van der Waals surface area contributed by atoms with Gasteiger partial charge in [0.25, 0.3) is 0 Å². The molecule has 0 amide bonds. The van der Waals surface area contributed by atoms with Crippen LogP contribution in [0.5, 0.6) is 0 Å². The largest absolute Gasteiger partial charge is 0.390 e. The van der Waals surface area contributed by atoms with Gasteiger partial charge < -0.3 is 5.11 Å². The molecule has 0 aliphatic heterocycles. The van der Waals surface area contributed by atoms with Crippen molar-refractivity contribution in [2.75, 3.05) is 0 Å². The van der Waals surface area contributed by atoms with E-state index in [1.165, 1.54) is 77.0 Å². The van der Waals surface area contributed by atoms with Gasteiger partial charge in [-0.2, -0.15) is 0 Å². The van der Waals surface area contributed by atoms with Crippen molar-refractivity contribution in [1.29, 1.82) is 0 Å². The Balaban J connectivity index is 0. The third-order valence-corrected chi connectivity index (χ3v) is 5.00. The standard InChI is InChI=1S/C20H42O.Al.3H/c1-5-7-9-11-13-15-17-20(21,19(3)4)18-16-14-12-10-8-6-2;;;;/h19,21H,5-18H2,1-4H3;;;;. The van der Waals surface area contributed by atoms with Gasteiger partial charge in [0, 0.05) is 0 Å². The smallest absolute Gasteiger partial charge is 0.187 e. The highest BCUT2D eigenvalue weighted by Crippen LogP contribution is 2.30. The van der Waals surface area contributed by atoms with Gasteiger partial charge in [0.1, 0.15) is 0 Å². The summed E-state index contributed by atoms with van der Waals surface area (Å²) in [4.78, 5) is 0. The van der Waals surface area contributed by atoms with Crippen LogP contribution < -0.4 is 0 Å². The summed E-state index contributed by atoms with van der Waals surface area (Å²) >= 11 is 0. The van der Waals surface area contributed by atoms with Gasteiger partial charge in [-0.3, -0.25) is 0 Å². The van der Waals surface area contributed by atoms with Crippen LogP contribution in [0.25, 0.3) is 0 Å².